The number of esters is 1. The van der Waals surface area contributed by atoms with Gasteiger partial charge in [-0.25, -0.2) is 12.8 Å². The molecule has 1 atom stereocenters. The molecule has 26 heavy (non-hydrogen) atoms. The van der Waals surface area contributed by atoms with Crippen molar-refractivity contribution in [1.29, 1.82) is 0 Å². The van der Waals surface area contributed by atoms with Crippen molar-refractivity contribution in [3.8, 4) is 0 Å². The molecule has 1 aliphatic heterocycles. The van der Waals surface area contributed by atoms with E-state index in [1.54, 1.807) is 18.2 Å². The molecule has 142 valence electrons. The Balaban J connectivity index is 1.63. The Kier molecular flexibility index (Phi) is 5.32. The Morgan fingerprint density at radius 3 is 2.54 bits per heavy atom. The lowest BCUT2D eigenvalue weighted by molar-refractivity contribution is -0.154. The van der Waals surface area contributed by atoms with Gasteiger partial charge in [-0.15, -0.1) is 0 Å². The molecule has 0 spiro atoms. The van der Waals surface area contributed by atoms with Gasteiger partial charge in [0, 0.05) is 11.6 Å². The van der Waals surface area contributed by atoms with Crippen molar-refractivity contribution in [3.05, 3.63) is 35.6 Å². The monoisotopic (exact) mass is 383 g/mol. The maximum absolute atomic E-state index is 14.2. The minimum Gasteiger partial charge on any atom is -0.455 e. The van der Waals surface area contributed by atoms with Crippen LogP contribution in [0.5, 0.6) is 0 Å². The van der Waals surface area contributed by atoms with Crippen LogP contribution in [-0.2, 0) is 29.6 Å². The average molecular weight is 383 g/mol. The number of sulfone groups is 1. The molecule has 0 radical (unpaired) electrons. The van der Waals surface area contributed by atoms with Gasteiger partial charge in [0.05, 0.1) is 16.9 Å². The summed E-state index contributed by atoms with van der Waals surface area (Å²) >= 11 is 0. The highest BCUT2D eigenvalue weighted by molar-refractivity contribution is 7.91. The normalized spacial score (nSPS) is 23.5. The molecule has 0 bridgehead atoms. The molecule has 1 aromatic rings. The van der Waals surface area contributed by atoms with Crippen LogP contribution in [0.1, 0.15) is 37.7 Å². The van der Waals surface area contributed by atoms with Crippen LogP contribution in [0, 0.1) is 5.82 Å². The Morgan fingerprint density at radius 2 is 1.92 bits per heavy atom. The first kappa shape index (κ1) is 18.8. The zero-order valence-electron chi connectivity index (χ0n) is 14.4. The summed E-state index contributed by atoms with van der Waals surface area (Å²) in [5.41, 5.74) is -0.743. The van der Waals surface area contributed by atoms with Crippen molar-refractivity contribution in [3.63, 3.8) is 0 Å². The standard InChI is InChI=1S/C18H22FNO5S/c19-15-6-2-1-5-14(15)18(8-3-4-9-18)17(22)25-11-16(21)20-13-7-10-26(23,24)12-13/h1-2,5-6,13H,3-4,7-12H2,(H,20,21)/t13-/m1/s1. The highest BCUT2D eigenvalue weighted by atomic mass is 32.2. The first-order valence-electron chi connectivity index (χ1n) is 8.74. The van der Waals surface area contributed by atoms with Crippen molar-refractivity contribution in [1.82, 2.24) is 5.32 Å². The molecule has 2 aliphatic rings. The Labute approximate surface area is 152 Å². The molecule has 8 heteroatoms. The van der Waals surface area contributed by atoms with Gasteiger partial charge >= 0.3 is 5.97 Å². The predicted molar refractivity (Wildman–Crippen MR) is 92.7 cm³/mol. The largest absolute Gasteiger partial charge is 0.455 e. The minimum absolute atomic E-state index is 0.0497. The van der Waals surface area contributed by atoms with Crippen LogP contribution in [0.4, 0.5) is 4.39 Å². The summed E-state index contributed by atoms with van der Waals surface area (Å²) in [4.78, 5) is 24.7. The van der Waals surface area contributed by atoms with Crippen LogP contribution < -0.4 is 5.32 Å². The number of nitrogens with one attached hydrogen (secondary N) is 1. The van der Waals surface area contributed by atoms with Gasteiger partial charge in [0.1, 0.15) is 5.82 Å². The summed E-state index contributed by atoms with van der Waals surface area (Å²) in [6.07, 6.45) is 2.90. The summed E-state index contributed by atoms with van der Waals surface area (Å²) < 4.78 is 42.3. The van der Waals surface area contributed by atoms with Crippen LogP contribution in [0.2, 0.25) is 0 Å². The Morgan fingerprint density at radius 1 is 1.23 bits per heavy atom. The van der Waals surface area contributed by atoms with Crippen molar-refractivity contribution in [2.45, 2.75) is 43.6 Å². The molecule has 3 rings (SSSR count). The van der Waals surface area contributed by atoms with E-state index in [1.165, 1.54) is 6.07 Å². The van der Waals surface area contributed by atoms with E-state index in [0.717, 1.165) is 12.8 Å². The number of hydrogen-bond acceptors (Lipinski definition) is 5. The molecule has 2 fully saturated rings. The maximum Gasteiger partial charge on any atom is 0.317 e. The van der Waals surface area contributed by atoms with Gasteiger partial charge < -0.3 is 10.1 Å². The van der Waals surface area contributed by atoms with Gasteiger partial charge in [-0.1, -0.05) is 31.0 Å². The molecule has 1 heterocycles. The van der Waals surface area contributed by atoms with E-state index in [4.69, 9.17) is 4.74 Å². The maximum atomic E-state index is 14.2. The summed E-state index contributed by atoms with van der Waals surface area (Å²) in [6, 6.07) is 5.70. The molecule has 1 saturated heterocycles. The molecule has 0 aromatic heterocycles. The van der Waals surface area contributed by atoms with Gasteiger partial charge in [0.25, 0.3) is 5.91 Å². The lowest BCUT2D eigenvalue weighted by Gasteiger charge is -2.27. The van der Waals surface area contributed by atoms with Crippen molar-refractivity contribution in [2.24, 2.45) is 0 Å². The molecule has 1 N–H and O–H groups in total. The van der Waals surface area contributed by atoms with E-state index in [2.05, 4.69) is 5.32 Å². The van der Waals surface area contributed by atoms with Gasteiger partial charge in [-0.2, -0.15) is 0 Å². The first-order valence-corrected chi connectivity index (χ1v) is 10.6. The number of rotatable bonds is 5. The minimum atomic E-state index is -3.10. The van der Waals surface area contributed by atoms with Crippen molar-refractivity contribution >= 4 is 21.7 Å². The molecule has 0 unspecified atom stereocenters. The van der Waals surface area contributed by atoms with Gasteiger partial charge in [0.2, 0.25) is 0 Å². The van der Waals surface area contributed by atoms with E-state index >= 15 is 0 Å². The SMILES string of the molecule is O=C(COC(=O)C1(c2ccccc2F)CCCC1)N[C@@H]1CCS(=O)(=O)C1. The number of amides is 1. The zero-order valence-corrected chi connectivity index (χ0v) is 15.2. The fraction of sp³-hybridized carbons (Fsp3) is 0.556. The second-order valence-electron chi connectivity index (χ2n) is 7.01. The second kappa shape index (κ2) is 7.34. The van der Waals surface area contributed by atoms with Crippen LogP contribution in [0.25, 0.3) is 0 Å². The van der Waals surface area contributed by atoms with Gasteiger partial charge in [-0.3, -0.25) is 9.59 Å². The Hall–Kier alpha value is -1.96. The van der Waals surface area contributed by atoms with E-state index in [9.17, 15) is 22.4 Å². The molecular weight excluding hydrogens is 361 g/mol. The number of carbonyl (C=O) groups excluding carboxylic acids is 2. The van der Waals surface area contributed by atoms with E-state index in [1.807, 2.05) is 0 Å². The van der Waals surface area contributed by atoms with Gasteiger partial charge in [0.15, 0.2) is 16.4 Å². The van der Waals surface area contributed by atoms with Gasteiger partial charge in [-0.05, 0) is 25.3 Å². The highest BCUT2D eigenvalue weighted by Crippen LogP contribution is 2.43. The molecule has 1 aliphatic carbocycles. The molecular formula is C18H22FNO5S. The fourth-order valence-electron chi connectivity index (χ4n) is 3.86. The summed E-state index contributed by atoms with van der Waals surface area (Å²) in [5, 5.41) is 2.57. The number of benzene rings is 1. The number of carbonyl (C=O) groups is 2. The fourth-order valence-corrected chi connectivity index (χ4v) is 5.53. The van der Waals surface area contributed by atoms with Crippen molar-refractivity contribution in [2.75, 3.05) is 18.1 Å². The van der Waals surface area contributed by atoms with E-state index < -0.39 is 45.6 Å². The van der Waals surface area contributed by atoms with Crippen LogP contribution in [0.3, 0.4) is 0 Å². The topological polar surface area (TPSA) is 89.5 Å². The van der Waals surface area contributed by atoms with Crippen LogP contribution in [0.15, 0.2) is 24.3 Å². The smallest absolute Gasteiger partial charge is 0.317 e. The zero-order chi connectivity index (χ0) is 18.8. The highest BCUT2D eigenvalue weighted by Gasteiger charge is 2.46. The van der Waals surface area contributed by atoms with Crippen molar-refractivity contribution < 1.29 is 27.1 Å². The summed E-state index contributed by atoms with van der Waals surface area (Å²) in [5.74, 6) is -1.64. The number of halogens is 1. The predicted octanol–water partition coefficient (Wildman–Crippen LogP) is 1.48. The quantitative estimate of drug-likeness (QED) is 0.778. The Bertz CT molecular complexity index is 802. The van der Waals surface area contributed by atoms with Crippen LogP contribution >= 0.6 is 0 Å². The lowest BCUT2D eigenvalue weighted by atomic mass is 9.78. The lowest BCUT2D eigenvalue weighted by Crippen LogP contribution is -2.41. The first-order chi connectivity index (χ1) is 12.3. The number of hydrogen-bond donors (Lipinski definition) is 1. The molecule has 6 nitrogen and oxygen atoms in total. The second-order valence-corrected chi connectivity index (χ2v) is 9.24. The third-order valence-corrected chi connectivity index (χ3v) is 6.94. The number of ether oxygens (including phenoxy) is 1. The molecule has 1 amide bonds. The average Bonchev–Trinajstić information content (AvgIpc) is 3.20. The van der Waals surface area contributed by atoms with E-state index in [-0.39, 0.29) is 11.5 Å². The van der Waals surface area contributed by atoms with Crippen LogP contribution in [-0.4, -0.2) is 44.4 Å². The third-order valence-electron chi connectivity index (χ3n) is 5.17. The summed E-state index contributed by atoms with van der Waals surface area (Å²) in [6.45, 7) is -0.494. The third kappa shape index (κ3) is 3.90. The molecule has 1 aromatic carbocycles. The summed E-state index contributed by atoms with van der Waals surface area (Å²) in [7, 11) is -3.10. The van der Waals surface area contributed by atoms with E-state index in [0.29, 0.717) is 24.8 Å². The molecule has 1 saturated carbocycles.